The lowest BCUT2D eigenvalue weighted by molar-refractivity contribution is 0.498. The van der Waals surface area contributed by atoms with Gasteiger partial charge in [0.05, 0.1) is 12.8 Å². The summed E-state index contributed by atoms with van der Waals surface area (Å²) in [5.74, 6) is 0.553. The largest absolute Gasteiger partial charge is 0.468 e. The SMILES string of the molecule is CCNCc1ccc(S(=O)(=O)NCc2ccco2)nc1. The summed E-state index contributed by atoms with van der Waals surface area (Å²) < 4.78 is 31.6. The number of sulfonamides is 1. The van der Waals surface area contributed by atoms with E-state index in [1.165, 1.54) is 12.3 Å². The Morgan fingerprint density at radius 1 is 1.25 bits per heavy atom. The van der Waals surface area contributed by atoms with E-state index in [2.05, 4.69) is 15.0 Å². The second-order valence-corrected chi connectivity index (χ2v) is 5.90. The highest BCUT2D eigenvalue weighted by molar-refractivity contribution is 7.89. The monoisotopic (exact) mass is 295 g/mol. The first-order valence-corrected chi connectivity index (χ1v) is 7.78. The van der Waals surface area contributed by atoms with Crippen LogP contribution in [-0.2, 0) is 23.1 Å². The van der Waals surface area contributed by atoms with Crippen molar-refractivity contribution in [3.05, 3.63) is 48.0 Å². The van der Waals surface area contributed by atoms with Crippen LogP contribution in [-0.4, -0.2) is 19.9 Å². The third-order valence-electron chi connectivity index (χ3n) is 2.67. The van der Waals surface area contributed by atoms with Gasteiger partial charge in [0.2, 0.25) is 0 Å². The minimum absolute atomic E-state index is 0.00399. The van der Waals surface area contributed by atoms with E-state index in [1.54, 1.807) is 24.4 Å². The molecule has 2 N–H and O–H groups in total. The molecular weight excluding hydrogens is 278 g/mol. The second kappa shape index (κ2) is 6.65. The predicted octanol–water partition coefficient (Wildman–Crippen LogP) is 1.26. The fourth-order valence-corrected chi connectivity index (χ4v) is 2.52. The van der Waals surface area contributed by atoms with Gasteiger partial charge in [0.1, 0.15) is 5.76 Å². The Bertz CT molecular complexity index is 621. The van der Waals surface area contributed by atoms with E-state index in [9.17, 15) is 8.42 Å². The summed E-state index contributed by atoms with van der Waals surface area (Å²) >= 11 is 0. The molecule has 0 saturated heterocycles. The fourth-order valence-electron chi connectivity index (χ4n) is 1.60. The Labute approximate surface area is 118 Å². The molecule has 7 heteroatoms. The predicted molar refractivity (Wildman–Crippen MR) is 74.4 cm³/mol. The van der Waals surface area contributed by atoms with Crippen LogP contribution in [0.15, 0.2) is 46.2 Å². The lowest BCUT2D eigenvalue weighted by Crippen LogP contribution is -2.24. The first kappa shape index (κ1) is 14.7. The molecule has 0 aromatic carbocycles. The van der Waals surface area contributed by atoms with Crippen LogP contribution in [0.1, 0.15) is 18.2 Å². The molecule has 0 amide bonds. The molecule has 0 bridgehead atoms. The van der Waals surface area contributed by atoms with E-state index in [-0.39, 0.29) is 11.6 Å². The maximum atomic E-state index is 12.0. The molecule has 2 aromatic rings. The van der Waals surface area contributed by atoms with Crippen LogP contribution in [0, 0.1) is 0 Å². The number of pyridine rings is 1. The van der Waals surface area contributed by atoms with Gasteiger partial charge in [0.25, 0.3) is 10.0 Å². The number of nitrogens with zero attached hydrogens (tertiary/aromatic N) is 1. The molecule has 0 spiro atoms. The molecule has 0 fully saturated rings. The van der Waals surface area contributed by atoms with Crippen LogP contribution < -0.4 is 10.0 Å². The van der Waals surface area contributed by atoms with Gasteiger partial charge in [-0.3, -0.25) is 0 Å². The summed E-state index contributed by atoms with van der Waals surface area (Å²) in [6.07, 6.45) is 3.06. The quantitative estimate of drug-likeness (QED) is 0.803. The maximum Gasteiger partial charge on any atom is 0.258 e. The molecule has 0 aliphatic rings. The minimum Gasteiger partial charge on any atom is -0.468 e. The lowest BCUT2D eigenvalue weighted by Gasteiger charge is -2.06. The van der Waals surface area contributed by atoms with E-state index in [4.69, 9.17) is 4.42 Å². The fraction of sp³-hybridized carbons (Fsp3) is 0.308. The smallest absolute Gasteiger partial charge is 0.258 e. The maximum absolute atomic E-state index is 12.0. The van der Waals surface area contributed by atoms with Crippen molar-refractivity contribution in [1.82, 2.24) is 15.0 Å². The molecule has 2 aromatic heterocycles. The normalized spacial score (nSPS) is 11.7. The van der Waals surface area contributed by atoms with Crippen LogP contribution in [0.25, 0.3) is 0 Å². The van der Waals surface area contributed by atoms with Crippen LogP contribution in [0.5, 0.6) is 0 Å². The zero-order valence-electron chi connectivity index (χ0n) is 11.2. The zero-order valence-corrected chi connectivity index (χ0v) is 12.0. The van der Waals surface area contributed by atoms with Crippen LogP contribution in [0.3, 0.4) is 0 Å². The first-order valence-electron chi connectivity index (χ1n) is 6.29. The third-order valence-corrected chi connectivity index (χ3v) is 3.99. The number of nitrogens with one attached hydrogen (secondary N) is 2. The lowest BCUT2D eigenvalue weighted by atomic mass is 10.3. The Balaban J connectivity index is 2.01. The van der Waals surface area contributed by atoms with Gasteiger partial charge in [-0.05, 0) is 30.3 Å². The molecule has 0 aliphatic carbocycles. The average Bonchev–Trinajstić information content (AvgIpc) is 2.97. The van der Waals surface area contributed by atoms with Crippen LogP contribution in [0.4, 0.5) is 0 Å². The minimum atomic E-state index is -3.62. The van der Waals surface area contributed by atoms with Crippen molar-refractivity contribution in [3.8, 4) is 0 Å². The molecule has 2 heterocycles. The van der Waals surface area contributed by atoms with Gasteiger partial charge in [0, 0.05) is 12.7 Å². The van der Waals surface area contributed by atoms with Crippen LogP contribution in [0.2, 0.25) is 0 Å². The molecule has 108 valence electrons. The molecule has 0 unspecified atom stereocenters. The number of aromatic nitrogens is 1. The highest BCUT2D eigenvalue weighted by Crippen LogP contribution is 2.08. The van der Waals surface area contributed by atoms with Gasteiger partial charge in [0.15, 0.2) is 5.03 Å². The molecule has 0 aliphatic heterocycles. The highest BCUT2D eigenvalue weighted by Gasteiger charge is 2.15. The van der Waals surface area contributed by atoms with Crippen molar-refractivity contribution in [3.63, 3.8) is 0 Å². The zero-order chi connectivity index (χ0) is 14.4. The van der Waals surface area contributed by atoms with Crippen LogP contribution >= 0.6 is 0 Å². The van der Waals surface area contributed by atoms with Crippen molar-refractivity contribution in [2.45, 2.75) is 25.0 Å². The van der Waals surface area contributed by atoms with Crippen molar-refractivity contribution in [2.75, 3.05) is 6.54 Å². The Morgan fingerprint density at radius 3 is 2.70 bits per heavy atom. The summed E-state index contributed by atoms with van der Waals surface area (Å²) in [7, 11) is -3.62. The molecule has 0 atom stereocenters. The van der Waals surface area contributed by atoms with E-state index in [0.29, 0.717) is 12.3 Å². The van der Waals surface area contributed by atoms with Gasteiger partial charge >= 0.3 is 0 Å². The number of furan rings is 1. The highest BCUT2D eigenvalue weighted by atomic mass is 32.2. The standard InChI is InChI=1S/C13H17N3O3S/c1-2-14-8-11-5-6-13(15-9-11)20(17,18)16-10-12-4-3-7-19-12/h3-7,9,14,16H,2,8,10H2,1H3. The van der Waals surface area contributed by atoms with E-state index >= 15 is 0 Å². The molecule has 6 nitrogen and oxygen atoms in total. The number of hydrogen-bond acceptors (Lipinski definition) is 5. The molecule has 2 rings (SSSR count). The first-order chi connectivity index (χ1) is 9.62. The van der Waals surface area contributed by atoms with Gasteiger partial charge in [-0.2, -0.15) is 0 Å². The topological polar surface area (TPSA) is 84.2 Å². The summed E-state index contributed by atoms with van der Waals surface area (Å²) in [6, 6.07) is 6.65. The summed E-state index contributed by atoms with van der Waals surface area (Å²) in [4.78, 5) is 3.98. The molecule has 20 heavy (non-hydrogen) atoms. The molecule has 0 saturated carbocycles. The summed E-state index contributed by atoms with van der Waals surface area (Å²) in [5, 5.41) is 3.15. The summed E-state index contributed by atoms with van der Waals surface area (Å²) in [6.45, 7) is 3.63. The Kier molecular flexibility index (Phi) is 4.89. The van der Waals surface area contributed by atoms with Gasteiger partial charge < -0.3 is 9.73 Å². The van der Waals surface area contributed by atoms with E-state index < -0.39 is 10.0 Å². The van der Waals surface area contributed by atoms with E-state index in [1.807, 2.05) is 6.92 Å². The molecule has 0 radical (unpaired) electrons. The van der Waals surface area contributed by atoms with Gasteiger partial charge in [-0.25, -0.2) is 18.1 Å². The number of hydrogen-bond donors (Lipinski definition) is 2. The van der Waals surface area contributed by atoms with Crippen molar-refractivity contribution < 1.29 is 12.8 Å². The van der Waals surface area contributed by atoms with Gasteiger partial charge in [-0.1, -0.05) is 13.0 Å². The van der Waals surface area contributed by atoms with Crippen molar-refractivity contribution in [2.24, 2.45) is 0 Å². The molecular formula is C13H17N3O3S. The second-order valence-electron chi connectivity index (χ2n) is 4.19. The van der Waals surface area contributed by atoms with Crippen molar-refractivity contribution in [1.29, 1.82) is 0 Å². The van der Waals surface area contributed by atoms with Gasteiger partial charge in [-0.15, -0.1) is 0 Å². The Morgan fingerprint density at radius 2 is 2.10 bits per heavy atom. The Hall–Kier alpha value is -1.70. The summed E-state index contributed by atoms with van der Waals surface area (Å²) in [5.41, 5.74) is 0.942. The van der Waals surface area contributed by atoms with E-state index in [0.717, 1.165) is 12.1 Å². The third kappa shape index (κ3) is 3.89. The average molecular weight is 295 g/mol. The number of rotatable bonds is 7. The van der Waals surface area contributed by atoms with Crippen molar-refractivity contribution >= 4 is 10.0 Å².